The largest absolute Gasteiger partial charge is 0.488 e. The molecule has 1 aromatic carbocycles. The van der Waals surface area contributed by atoms with Gasteiger partial charge in [-0.05, 0) is 30.7 Å². The molecular weight excluding hydrogens is 336 g/mol. The summed E-state index contributed by atoms with van der Waals surface area (Å²) in [6.45, 7) is 3.47. The van der Waals surface area contributed by atoms with E-state index < -0.39 is 11.9 Å². The quantitative estimate of drug-likeness (QED) is 0.823. The third-order valence-electron chi connectivity index (χ3n) is 4.08. The number of nitrogens with zero attached hydrogens (tertiary/aromatic N) is 1. The standard InChI is InChI=1S/C19H20N2O5/c1-12-2-3-14(17(8-12)26-15-5-7-25-11-15)10-21-18(22)16-9-13(19(23)24)4-6-20-16/h2-4,6,8-9,15H,5,7,10-11H2,1H3,(H,21,22)(H,23,24). The molecule has 1 aromatic heterocycles. The van der Waals surface area contributed by atoms with Crippen LogP contribution in [0.25, 0.3) is 0 Å². The van der Waals surface area contributed by atoms with E-state index in [2.05, 4.69) is 10.3 Å². The number of rotatable bonds is 6. The van der Waals surface area contributed by atoms with E-state index in [0.29, 0.717) is 19.0 Å². The minimum Gasteiger partial charge on any atom is -0.488 e. The molecule has 1 saturated heterocycles. The fourth-order valence-corrected chi connectivity index (χ4v) is 2.66. The topological polar surface area (TPSA) is 97.8 Å². The van der Waals surface area contributed by atoms with Crippen molar-refractivity contribution in [1.29, 1.82) is 0 Å². The average molecular weight is 356 g/mol. The lowest BCUT2D eigenvalue weighted by molar-refractivity contribution is 0.0696. The molecule has 0 aliphatic carbocycles. The van der Waals surface area contributed by atoms with E-state index in [4.69, 9.17) is 14.6 Å². The number of carbonyl (C=O) groups excluding carboxylic acids is 1. The second-order valence-electron chi connectivity index (χ2n) is 6.13. The number of amides is 1. The lowest BCUT2D eigenvalue weighted by atomic mass is 10.1. The number of benzene rings is 1. The number of aromatic carboxylic acids is 1. The molecule has 2 heterocycles. The molecule has 1 aliphatic rings. The monoisotopic (exact) mass is 356 g/mol. The Hall–Kier alpha value is -2.93. The van der Waals surface area contributed by atoms with Gasteiger partial charge < -0.3 is 19.9 Å². The van der Waals surface area contributed by atoms with E-state index >= 15 is 0 Å². The van der Waals surface area contributed by atoms with Gasteiger partial charge in [0, 0.05) is 24.7 Å². The van der Waals surface area contributed by atoms with Gasteiger partial charge >= 0.3 is 5.97 Å². The minimum absolute atomic E-state index is 0.0140. The molecule has 0 spiro atoms. The summed E-state index contributed by atoms with van der Waals surface area (Å²) in [5.41, 5.74) is 1.98. The summed E-state index contributed by atoms with van der Waals surface area (Å²) in [6.07, 6.45) is 2.16. The normalized spacial score (nSPS) is 16.3. The van der Waals surface area contributed by atoms with Crippen LogP contribution in [0.1, 0.15) is 38.4 Å². The maximum absolute atomic E-state index is 12.3. The zero-order valence-electron chi connectivity index (χ0n) is 14.4. The van der Waals surface area contributed by atoms with Gasteiger partial charge in [-0.15, -0.1) is 0 Å². The van der Waals surface area contributed by atoms with Gasteiger partial charge in [-0.25, -0.2) is 4.79 Å². The van der Waals surface area contributed by atoms with Gasteiger partial charge in [0.25, 0.3) is 5.91 Å². The molecule has 2 N–H and O–H groups in total. The molecule has 0 radical (unpaired) electrons. The van der Waals surface area contributed by atoms with Crippen LogP contribution in [0.15, 0.2) is 36.5 Å². The van der Waals surface area contributed by atoms with E-state index in [1.807, 2.05) is 25.1 Å². The molecule has 26 heavy (non-hydrogen) atoms. The number of carboxylic acid groups (broad SMARTS) is 1. The Morgan fingerprint density at radius 2 is 2.19 bits per heavy atom. The van der Waals surface area contributed by atoms with Crippen molar-refractivity contribution in [3.05, 3.63) is 58.9 Å². The predicted molar refractivity (Wildman–Crippen MR) is 93.4 cm³/mol. The van der Waals surface area contributed by atoms with Crippen LogP contribution in [0, 0.1) is 6.92 Å². The molecule has 0 bridgehead atoms. The Labute approximate surface area is 151 Å². The zero-order valence-corrected chi connectivity index (χ0v) is 14.4. The highest BCUT2D eigenvalue weighted by molar-refractivity contribution is 5.95. The maximum Gasteiger partial charge on any atom is 0.335 e. The summed E-state index contributed by atoms with van der Waals surface area (Å²) < 4.78 is 11.3. The fraction of sp³-hybridized carbons (Fsp3) is 0.316. The van der Waals surface area contributed by atoms with Crippen molar-refractivity contribution >= 4 is 11.9 Å². The molecule has 136 valence electrons. The lowest BCUT2D eigenvalue weighted by Gasteiger charge is -2.16. The first-order valence-electron chi connectivity index (χ1n) is 8.34. The van der Waals surface area contributed by atoms with Crippen LogP contribution in [-0.2, 0) is 11.3 Å². The summed E-state index contributed by atoms with van der Waals surface area (Å²) in [6, 6.07) is 8.38. The number of nitrogens with one attached hydrogen (secondary N) is 1. The van der Waals surface area contributed by atoms with Crippen molar-refractivity contribution in [3.8, 4) is 5.75 Å². The molecule has 0 saturated carbocycles. The zero-order chi connectivity index (χ0) is 18.5. The smallest absolute Gasteiger partial charge is 0.335 e. The maximum atomic E-state index is 12.3. The van der Waals surface area contributed by atoms with Crippen LogP contribution < -0.4 is 10.1 Å². The summed E-state index contributed by atoms with van der Waals surface area (Å²) in [5.74, 6) is -0.827. The van der Waals surface area contributed by atoms with Crippen LogP contribution in [0.5, 0.6) is 5.75 Å². The van der Waals surface area contributed by atoms with Gasteiger partial charge in [0.05, 0.1) is 18.8 Å². The molecule has 1 fully saturated rings. The van der Waals surface area contributed by atoms with Crippen LogP contribution in [0.3, 0.4) is 0 Å². The number of carboxylic acids is 1. The van der Waals surface area contributed by atoms with Crippen molar-refractivity contribution in [1.82, 2.24) is 10.3 Å². The Bertz CT molecular complexity index is 815. The van der Waals surface area contributed by atoms with Crippen LogP contribution in [-0.4, -0.2) is 41.3 Å². The van der Waals surface area contributed by atoms with Crippen LogP contribution >= 0.6 is 0 Å². The fourth-order valence-electron chi connectivity index (χ4n) is 2.66. The van der Waals surface area contributed by atoms with Gasteiger partial charge in [0.1, 0.15) is 17.5 Å². The highest BCUT2D eigenvalue weighted by Gasteiger charge is 2.19. The third kappa shape index (κ3) is 4.37. The summed E-state index contributed by atoms with van der Waals surface area (Å²) in [5, 5.41) is 11.8. The van der Waals surface area contributed by atoms with Crippen molar-refractivity contribution in [2.75, 3.05) is 13.2 Å². The van der Waals surface area contributed by atoms with Crippen molar-refractivity contribution in [2.45, 2.75) is 26.0 Å². The van der Waals surface area contributed by atoms with E-state index in [0.717, 1.165) is 17.5 Å². The van der Waals surface area contributed by atoms with Gasteiger partial charge in [-0.1, -0.05) is 12.1 Å². The number of hydrogen-bond donors (Lipinski definition) is 2. The highest BCUT2D eigenvalue weighted by Crippen LogP contribution is 2.24. The van der Waals surface area contributed by atoms with E-state index in [9.17, 15) is 9.59 Å². The van der Waals surface area contributed by atoms with E-state index in [1.54, 1.807) is 0 Å². The first-order valence-corrected chi connectivity index (χ1v) is 8.34. The second kappa shape index (κ2) is 7.97. The summed E-state index contributed by atoms with van der Waals surface area (Å²) in [4.78, 5) is 27.2. The molecule has 1 atom stereocenters. The number of pyridine rings is 1. The first kappa shape index (κ1) is 17.9. The van der Waals surface area contributed by atoms with Gasteiger partial charge in [0.2, 0.25) is 0 Å². The number of carbonyl (C=O) groups is 2. The molecule has 7 nitrogen and oxygen atoms in total. The molecule has 1 amide bonds. The first-order chi connectivity index (χ1) is 12.5. The Morgan fingerprint density at radius 3 is 2.92 bits per heavy atom. The third-order valence-corrected chi connectivity index (χ3v) is 4.08. The number of hydrogen-bond acceptors (Lipinski definition) is 5. The van der Waals surface area contributed by atoms with Crippen LogP contribution in [0.4, 0.5) is 0 Å². The molecule has 1 aliphatic heterocycles. The molecule has 3 rings (SSSR count). The highest BCUT2D eigenvalue weighted by atomic mass is 16.5. The lowest BCUT2D eigenvalue weighted by Crippen LogP contribution is -2.25. The predicted octanol–water partition coefficient (Wildman–Crippen LogP) is 2.19. The van der Waals surface area contributed by atoms with Gasteiger partial charge in [0.15, 0.2) is 0 Å². The second-order valence-corrected chi connectivity index (χ2v) is 6.13. The molecule has 1 unspecified atom stereocenters. The summed E-state index contributed by atoms with van der Waals surface area (Å²) in [7, 11) is 0. The Kier molecular flexibility index (Phi) is 5.48. The number of aryl methyl sites for hydroxylation is 1. The number of ether oxygens (including phenoxy) is 2. The molecule has 7 heteroatoms. The number of aromatic nitrogens is 1. The van der Waals surface area contributed by atoms with Crippen molar-refractivity contribution < 1.29 is 24.2 Å². The SMILES string of the molecule is Cc1ccc(CNC(=O)c2cc(C(=O)O)ccn2)c(OC2CCOC2)c1. The van der Waals surface area contributed by atoms with E-state index in [-0.39, 0.29) is 23.9 Å². The van der Waals surface area contributed by atoms with E-state index in [1.165, 1.54) is 18.3 Å². The van der Waals surface area contributed by atoms with Gasteiger partial charge in [-0.3, -0.25) is 9.78 Å². The van der Waals surface area contributed by atoms with Gasteiger partial charge in [-0.2, -0.15) is 0 Å². The average Bonchev–Trinajstić information content (AvgIpc) is 3.14. The summed E-state index contributed by atoms with van der Waals surface area (Å²) >= 11 is 0. The molecular formula is C19H20N2O5. The van der Waals surface area contributed by atoms with Crippen molar-refractivity contribution in [2.24, 2.45) is 0 Å². The van der Waals surface area contributed by atoms with Crippen LogP contribution in [0.2, 0.25) is 0 Å². The minimum atomic E-state index is -1.10. The molecule has 2 aromatic rings. The van der Waals surface area contributed by atoms with Crippen molar-refractivity contribution in [3.63, 3.8) is 0 Å². The Balaban J connectivity index is 1.69. The Morgan fingerprint density at radius 1 is 1.35 bits per heavy atom.